The number of para-hydroxylation sites is 1. The van der Waals surface area contributed by atoms with Crippen LogP contribution in [-0.4, -0.2) is 45.2 Å². The van der Waals surface area contributed by atoms with Gasteiger partial charge in [-0.2, -0.15) is 0 Å². The third-order valence-electron chi connectivity index (χ3n) is 5.64. The van der Waals surface area contributed by atoms with Crippen LogP contribution in [0, 0.1) is 0 Å². The van der Waals surface area contributed by atoms with E-state index in [0.29, 0.717) is 28.2 Å². The molecule has 0 saturated carbocycles. The van der Waals surface area contributed by atoms with Gasteiger partial charge in [-0.1, -0.05) is 18.2 Å². The molecule has 0 radical (unpaired) electrons. The van der Waals surface area contributed by atoms with Gasteiger partial charge in [0.05, 0.1) is 10.4 Å². The van der Waals surface area contributed by atoms with Gasteiger partial charge in [0.25, 0.3) is 5.91 Å². The van der Waals surface area contributed by atoms with Crippen LogP contribution in [0.15, 0.2) is 65.7 Å². The molecule has 3 atom stereocenters. The lowest BCUT2D eigenvalue weighted by atomic mass is 10.1. The van der Waals surface area contributed by atoms with E-state index >= 15 is 0 Å². The Morgan fingerprint density at radius 2 is 1.76 bits per heavy atom. The van der Waals surface area contributed by atoms with Crippen molar-refractivity contribution < 1.29 is 9.00 Å². The van der Waals surface area contributed by atoms with Crippen LogP contribution in [0.3, 0.4) is 0 Å². The first-order chi connectivity index (χ1) is 14.2. The Hall–Kier alpha value is -2.77. The number of likely N-dealkylation sites (tertiary alicyclic amines) is 1. The topological polar surface area (TPSA) is 74.3 Å². The summed E-state index contributed by atoms with van der Waals surface area (Å²) in [5.74, 6) is 0.0642. The number of benzene rings is 2. The molecule has 3 heterocycles. The lowest BCUT2D eigenvalue weighted by molar-refractivity contribution is 0.0697. The monoisotopic (exact) mass is 406 g/mol. The number of piperazine rings is 1. The molecule has 2 fully saturated rings. The molecule has 3 aromatic rings. The maximum atomic E-state index is 12.9. The summed E-state index contributed by atoms with van der Waals surface area (Å²) < 4.78 is 15.9. The van der Waals surface area contributed by atoms with E-state index in [1.54, 1.807) is 30.5 Å². The van der Waals surface area contributed by atoms with Crippen molar-refractivity contribution >= 4 is 33.5 Å². The van der Waals surface area contributed by atoms with Gasteiger partial charge in [-0.15, -0.1) is 0 Å². The number of carbonyl (C=O) groups excluding carboxylic acids is 1. The highest BCUT2D eigenvalue weighted by Crippen LogP contribution is 2.23. The number of nitrogens with zero attached hydrogens (tertiary/aromatic N) is 2. The average Bonchev–Trinajstić information content (AvgIpc) is 3.10. The summed E-state index contributed by atoms with van der Waals surface area (Å²) in [5.41, 5.74) is 2.09. The van der Waals surface area contributed by atoms with Crippen molar-refractivity contribution in [2.24, 2.45) is 0 Å². The molecule has 2 saturated heterocycles. The highest BCUT2D eigenvalue weighted by Gasteiger charge is 2.34. The first kappa shape index (κ1) is 18.3. The van der Waals surface area contributed by atoms with Gasteiger partial charge < -0.3 is 14.9 Å². The number of anilines is 1. The molecule has 0 spiro atoms. The van der Waals surface area contributed by atoms with Gasteiger partial charge in [0.1, 0.15) is 0 Å². The molecule has 2 N–H and O–H groups in total. The molecule has 5 rings (SSSR count). The molecule has 1 aromatic heterocycles. The van der Waals surface area contributed by atoms with E-state index in [1.807, 2.05) is 35.2 Å². The second-order valence-corrected chi connectivity index (χ2v) is 8.81. The van der Waals surface area contributed by atoms with E-state index in [1.165, 1.54) is 0 Å². The quantitative estimate of drug-likeness (QED) is 0.699. The van der Waals surface area contributed by atoms with E-state index in [-0.39, 0.29) is 5.91 Å². The maximum absolute atomic E-state index is 12.9. The van der Waals surface area contributed by atoms with Crippen LogP contribution in [0.25, 0.3) is 10.9 Å². The fraction of sp³-hybridized carbons (Fsp3) is 0.273. The summed E-state index contributed by atoms with van der Waals surface area (Å²) in [6.45, 7) is 1.54. The number of rotatable bonds is 4. The zero-order valence-electron chi connectivity index (χ0n) is 15.9. The van der Waals surface area contributed by atoms with Crippen molar-refractivity contribution in [3.8, 4) is 0 Å². The molecule has 148 valence electrons. The third-order valence-corrected chi connectivity index (χ3v) is 6.79. The zero-order valence-corrected chi connectivity index (χ0v) is 16.7. The van der Waals surface area contributed by atoms with E-state index in [2.05, 4.69) is 15.0 Å². The van der Waals surface area contributed by atoms with Crippen molar-refractivity contribution in [2.75, 3.05) is 17.8 Å². The molecular formula is C22H22N4O2S. The Balaban J connectivity index is 1.30. The van der Waals surface area contributed by atoms with Crippen molar-refractivity contribution in [1.29, 1.82) is 0 Å². The zero-order chi connectivity index (χ0) is 19.8. The van der Waals surface area contributed by atoms with Crippen LogP contribution < -0.4 is 10.0 Å². The highest BCUT2D eigenvalue weighted by atomic mass is 32.2. The van der Waals surface area contributed by atoms with Gasteiger partial charge in [0, 0.05) is 48.0 Å². The number of fused-ring (bicyclic) bond motifs is 3. The summed E-state index contributed by atoms with van der Waals surface area (Å²) in [5, 5.41) is 4.49. The van der Waals surface area contributed by atoms with E-state index in [0.717, 1.165) is 36.8 Å². The smallest absolute Gasteiger partial charge is 0.253 e. The first-order valence-corrected chi connectivity index (χ1v) is 11.0. The van der Waals surface area contributed by atoms with E-state index < -0.39 is 11.0 Å². The minimum Gasteiger partial charge on any atom is -0.336 e. The Morgan fingerprint density at radius 1 is 1.03 bits per heavy atom. The second kappa shape index (κ2) is 7.57. The molecule has 2 aromatic carbocycles. The van der Waals surface area contributed by atoms with Crippen LogP contribution in [0.5, 0.6) is 0 Å². The number of hydrogen-bond acceptors (Lipinski definition) is 4. The summed E-state index contributed by atoms with van der Waals surface area (Å²) in [7, 11) is -1.45. The van der Waals surface area contributed by atoms with Crippen molar-refractivity contribution in [1.82, 2.24) is 15.2 Å². The molecule has 2 aliphatic rings. The highest BCUT2D eigenvalue weighted by molar-refractivity contribution is 7.86. The number of carbonyl (C=O) groups is 1. The van der Waals surface area contributed by atoms with Gasteiger partial charge in [-0.3, -0.25) is 9.78 Å². The van der Waals surface area contributed by atoms with Gasteiger partial charge >= 0.3 is 0 Å². The van der Waals surface area contributed by atoms with Crippen LogP contribution in [0.1, 0.15) is 23.2 Å². The van der Waals surface area contributed by atoms with Crippen LogP contribution >= 0.6 is 0 Å². The van der Waals surface area contributed by atoms with Gasteiger partial charge in [-0.25, -0.2) is 4.21 Å². The normalized spacial score (nSPS) is 21.9. The Kier molecular flexibility index (Phi) is 4.77. The van der Waals surface area contributed by atoms with Crippen LogP contribution in [-0.2, 0) is 11.0 Å². The maximum Gasteiger partial charge on any atom is 0.253 e. The van der Waals surface area contributed by atoms with Crippen molar-refractivity contribution in [3.05, 3.63) is 66.4 Å². The molecular weight excluding hydrogens is 384 g/mol. The van der Waals surface area contributed by atoms with Crippen molar-refractivity contribution in [2.45, 2.75) is 29.8 Å². The van der Waals surface area contributed by atoms with Gasteiger partial charge in [0.15, 0.2) is 11.0 Å². The predicted molar refractivity (Wildman–Crippen MR) is 114 cm³/mol. The second-order valence-electron chi connectivity index (χ2n) is 7.63. The SMILES string of the molecule is O=C(c1ccc(NS(=O)c2cccc3cccnc23)cc1)N1CC2CCC(C1)N2. The standard InChI is InChI=1S/C22H22N4O2S/c27-22(26-13-18-10-11-19(14-26)24-18)16-6-8-17(9-7-16)25-29(28)20-5-1-3-15-4-2-12-23-21(15)20/h1-9,12,18-19,24-25H,10-11,13-14H2. The number of amides is 1. The lowest BCUT2D eigenvalue weighted by Crippen LogP contribution is -2.53. The van der Waals surface area contributed by atoms with Gasteiger partial charge in [0.2, 0.25) is 0 Å². The fourth-order valence-corrected chi connectivity index (χ4v) is 5.22. The number of aromatic nitrogens is 1. The largest absolute Gasteiger partial charge is 0.336 e. The summed E-state index contributed by atoms with van der Waals surface area (Å²) in [4.78, 5) is 19.8. The molecule has 29 heavy (non-hydrogen) atoms. The Bertz CT molecular complexity index is 1070. The number of pyridine rings is 1. The lowest BCUT2D eigenvalue weighted by Gasteiger charge is -2.33. The molecule has 7 heteroatoms. The van der Waals surface area contributed by atoms with Gasteiger partial charge in [-0.05, 0) is 49.2 Å². The minimum atomic E-state index is -1.45. The average molecular weight is 407 g/mol. The van der Waals surface area contributed by atoms with Crippen molar-refractivity contribution in [3.63, 3.8) is 0 Å². The van der Waals surface area contributed by atoms with E-state index in [4.69, 9.17) is 0 Å². The number of nitrogens with one attached hydrogen (secondary N) is 2. The van der Waals surface area contributed by atoms with Crippen LogP contribution in [0.4, 0.5) is 5.69 Å². The molecule has 2 aliphatic heterocycles. The fourth-order valence-electron chi connectivity index (χ4n) is 4.21. The summed E-state index contributed by atoms with van der Waals surface area (Å²) in [6.07, 6.45) is 3.99. The number of hydrogen-bond donors (Lipinski definition) is 2. The molecule has 3 unspecified atom stereocenters. The Labute approximate surface area is 171 Å². The first-order valence-electron chi connectivity index (χ1n) is 9.85. The molecule has 0 aliphatic carbocycles. The molecule has 1 amide bonds. The molecule has 6 nitrogen and oxygen atoms in total. The Morgan fingerprint density at radius 3 is 2.52 bits per heavy atom. The summed E-state index contributed by atoms with van der Waals surface area (Å²) in [6, 6.07) is 17.5. The predicted octanol–water partition coefficient (Wildman–Crippen LogP) is 2.95. The minimum absolute atomic E-state index is 0.0642. The molecule has 2 bridgehead atoms. The third kappa shape index (κ3) is 3.63. The van der Waals surface area contributed by atoms with Crippen LogP contribution in [0.2, 0.25) is 0 Å². The van der Waals surface area contributed by atoms with E-state index in [9.17, 15) is 9.00 Å². The summed E-state index contributed by atoms with van der Waals surface area (Å²) >= 11 is 0.